The Morgan fingerprint density at radius 3 is 2.60 bits per heavy atom. The van der Waals surface area contributed by atoms with Crippen LogP contribution in [0.15, 0.2) is 42.5 Å². The molecule has 0 spiro atoms. The van der Waals surface area contributed by atoms with Crippen molar-refractivity contribution >= 4 is 6.29 Å². The van der Waals surface area contributed by atoms with Crippen LogP contribution in [0.3, 0.4) is 0 Å². The summed E-state index contributed by atoms with van der Waals surface area (Å²) in [6, 6.07) is 12.7. The van der Waals surface area contributed by atoms with Crippen molar-refractivity contribution in [3.8, 4) is 5.75 Å². The highest BCUT2D eigenvalue weighted by Gasteiger charge is 2.24. The maximum atomic E-state index is 11.0. The molecule has 1 N–H and O–H groups in total. The van der Waals surface area contributed by atoms with Crippen LogP contribution in [0, 0.1) is 6.92 Å². The molecular weight excluding hydrogens is 254 g/mol. The van der Waals surface area contributed by atoms with Crippen molar-refractivity contribution in [2.45, 2.75) is 19.4 Å². The number of rotatable bonds is 5. The summed E-state index contributed by atoms with van der Waals surface area (Å²) in [5.74, 6) is 0.377. The van der Waals surface area contributed by atoms with Gasteiger partial charge in [0.2, 0.25) is 0 Å². The molecule has 1 unspecified atom stereocenters. The van der Waals surface area contributed by atoms with Crippen LogP contribution in [0.25, 0.3) is 0 Å². The van der Waals surface area contributed by atoms with Gasteiger partial charge in [-0.25, -0.2) is 4.98 Å². The Morgan fingerprint density at radius 2 is 1.95 bits per heavy atom. The van der Waals surface area contributed by atoms with Crippen LogP contribution in [0.2, 0.25) is 0 Å². The molecule has 0 radical (unpaired) electrons. The van der Waals surface area contributed by atoms with E-state index in [1.807, 2.05) is 30.3 Å². The number of aliphatic hydroxyl groups is 1. The number of benzene rings is 1. The summed E-state index contributed by atoms with van der Waals surface area (Å²) in [4.78, 5) is 15.1. The second-order valence-corrected chi connectivity index (χ2v) is 4.88. The average Bonchev–Trinajstić information content (AvgIpc) is 2.46. The van der Waals surface area contributed by atoms with Gasteiger partial charge in [0.15, 0.2) is 6.29 Å². The molecule has 0 aliphatic carbocycles. The second kappa shape index (κ2) is 5.84. The monoisotopic (exact) mass is 271 g/mol. The van der Waals surface area contributed by atoms with Crippen molar-refractivity contribution in [3.05, 3.63) is 59.4 Å². The van der Waals surface area contributed by atoms with Gasteiger partial charge in [-0.3, -0.25) is 4.79 Å². The van der Waals surface area contributed by atoms with Crippen LogP contribution in [-0.4, -0.2) is 23.0 Å². The molecule has 104 valence electrons. The highest BCUT2D eigenvalue weighted by Crippen LogP contribution is 2.23. The smallest absolute Gasteiger partial charge is 0.172 e. The predicted octanol–water partition coefficient (Wildman–Crippen LogP) is 2.49. The standard InChI is InChI=1S/C16H17NO3/c1-12-8-9-15(14(10-18)17-12)20-11-16(2,19)13-6-4-3-5-7-13/h3-10,19H,11H2,1-2H3. The second-order valence-electron chi connectivity index (χ2n) is 4.88. The molecule has 1 aromatic carbocycles. The lowest BCUT2D eigenvalue weighted by Gasteiger charge is -2.24. The predicted molar refractivity (Wildman–Crippen MR) is 75.9 cm³/mol. The molecule has 2 rings (SSSR count). The van der Waals surface area contributed by atoms with Crippen molar-refractivity contribution in [1.82, 2.24) is 4.98 Å². The first kappa shape index (κ1) is 14.2. The van der Waals surface area contributed by atoms with Gasteiger partial charge in [-0.1, -0.05) is 30.3 Å². The zero-order valence-corrected chi connectivity index (χ0v) is 11.5. The van der Waals surface area contributed by atoms with Crippen molar-refractivity contribution in [3.63, 3.8) is 0 Å². The Labute approximate surface area is 118 Å². The molecule has 20 heavy (non-hydrogen) atoms. The molecule has 2 aromatic rings. The fraction of sp³-hybridized carbons (Fsp3) is 0.250. The molecule has 0 amide bonds. The first-order valence-electron chi connectivity index (χ1n) is 6.36. The summed E-state index contributed by atoms with van der Waals surface area (Å²) in [7, 11) is 0. The van der Waals surface area contributed by atoms with Gasteiger partial charge >= 0.3 is 0 Å². The number of pyridine rings is 1. The van der Waals surface area contributed by atoms with E-state index in [1.165, 1.54) is 0 Å². The van der Waals surface area contributed by atoms with Crippen LogP contribution in [0.5, 0.6) is 5.75 Å². The highest BCUT2D eigenvalue weighted by atomic mass is 16.5. The zero-order valence-electron chi connectivity index (χ0n) is 11.5. The van der Waals surface area contributed by atoms with Crippen LogP contribution < -0.4 is 4.74 Å². The van der Waals surface area contributed by atoms with Crippen molar-refractivity contribution in [2.75, 3.05) is 6.61 Å². The molecule has 0 bridgehead atoms. The third-order valence-electron chi connectivity index (χ3n) is 3.04. The van der Waals surface area contributed by atoms with Gasteiger partial charge in [0.1, 0.15) is 23.7 Å². The van der Waals surface area contributed by atoms with Crippen molar-refractivity contribution < 1.29 is 14.6 Å². The minimum atomic E-state index is -1.13. The number of carbonyl (C=O) groups excluding carboxylic acids is 1. The van der Waals surface area contributed by atoms with Gasteiger partial charge < -0.3 is 9.84 Å². The minimum Gasteiger partial charge on any atom is -0.488 e. The zero-order chi connectivity index (χ0) is 14.6. The third-order valence-corrected chi connectivity index (χ3v) is 3.04. The molecule has 1 aromatic heterocycles. The number of aldehydes is 1. The highest BCUT2D eigenvalue weighted by molar-refractivity contribution is 5.76. The lowest BCUT2D eigenvalue weighted by molar-refractivity contribution is 0.00725. The van der Waals surface area contributed by atoms with E-state index >= 15 is 0 Å². The number of hydrogen-bond acceptors (Lipinski definition) is 4. The Morgan fingerprint density at radius 1 is 1.25 bits per heavy atom. The van der Waals surface area contributed by atoms with Gasteiger partial charge in [-0.2, -0.15) is 0 Å². The number of aromatic nitrogens is 1. The lowest BCUT2D eigenvalue weighted by atomic mass is 9.97. The Hall–Kier alpha value is -2.20. The fourth-order valence-electron chi connectivity index (χ4n) is 1.87. The average molecular weight is 271 g/mol. The van der Waals surface area contributed by atoms with Crippen molar-refractivity contribution in [1.29, 1.82) is 0 Å². The molecule has 0 aliphatic heterocycles. The molecule has 0 fully saturated rings. The Kier molecular flexibility index (Phi) is 4.15. The number of hydrogen-bond donors (Lipinski definition) is 1. The van der Waals surface area contributed by atoms with E-state index in [1.54, 1.807) is 26.0 Å². The number of aryl methyl sites for hydroxylation is 1. The molecule has 1 atom stereocenters. The van der Waals surface area contributed by atoms with Gasteiger partial charge in [0.25, 0.3) is 0 Å². The van der Waals surface area contributed by atoms with Gasteiger partial charge in [-0.05, 0) is 31.5 Å². The van der Waals surface area contributed by atoms with E-state index in [0.717, 1.165) is 11.3 Å². The van der Waals surface area contributed by atoms with Crippen LogP contribution >= 0.6 is 0 Å². The Balaban J connectivity index is 2.14. The molecule has 0 aliphatic rings. The third kappa shape index (κ3) is 3.22. The first-order chi connectivity index (χ1) is 9.53. The van der Waals surface area contributed by atoms with Crippen LogP contribution in [0.4, 0.5) is 0 Å². The molecule has 4 heteroatoms. The molecular formula is C16H17NO3. The molecule has 1 heterocycles. The van der Waals surface area contributed by atoms with Gasteiger partial charge in [0.05, 0.1) is 0 Å². The number of carbonyl (C=O) groups is 1. The summed E-state index contributed by atoms with van der Waals surface area (Å²) >= 11 is 0. The normalized spacial score (nSPS) is 13.6. The molecule has 0 saturated carbocycles. The maximum Gasteiger partial charge on any atom is 0.172 e. The number of nitrogens with zero attached hydrogens (tertiary/aromatic N) is 1. The summed E-state index contributed by atoms with van der Waals surface area (Å²) in [6.07, 6.45) is 0.652. The topological polar surface area (TPSA) is 59.4 Å². The van der Waals surface area contributed by atoms with E-state index in [0.29, 0.717) is 12.0 Å². The molecule has 0 saturated heterocycles. The quantitative estimate of drug-likeness (QED) is 0.849. The van der Waals surface area contributed by atoms with E-state index in [-0.39, 0.29) is 12.3 Å². The summed E-state index contributed by atoms with van der Waals surface area (Å²) in [5, 5.41) is 10.4. The Bertz CT molecular complexity index is 594. The summed E-state index contributed by atoms with van der Waals surface area (Å²) in [5.41, 5.74) is 0.614. The maximum absolute atomic E-state index is 11.0. The summed E-state index contributed by atoms with van der Waals surface area (Å²) < 4.78 is 5.56. The first-order valence-corrected chi connectivity index (χ1v) is 6.36. The fourth-order valence-corrected chi connectivity index (χ4v) is 1.87. The number of ether oxygens (including phenoxy) is 1. The summed E-state index contributed by atoms with van der Waals surface area (Å²) in [6.45, 7) is 3.52. The largest absolute Gasteiger partial charge is 0.488 e. The van der Waals surface area contributed by atoms with E-state index in [4.69, 9.17) is 4.74 Å². The van der Waals surface area contributed by atoms with E-state index in [9.17, 15) is 9.90 Å². The van der Waals surface area contributed by atoms with Gasteiger partial charge in [0, 0.05) is 5.69 Å². The van der Waals surface area contributed by atoms with E-state index < -0.39 is 5.60 Å². The van der Waals surface area contributed by atoms with Crippen molar-refractivity contribution in [2.24, 2.45) is 0 Å². The SMILES string of the molecule is Cc1ccc(OCC(C)(O)c2ccccc2)c(C=O)n1. The van der Waals surface area contributed by atoms with Gasteiger partial charge in [-0.15, -0.1) is 0 Å². The lowest BCUT2D eigenvalue weighted by Crippen LogP contribution is -2.29. The van der Waals surface area contributed by atoms with Crippen LogP contribution in [0.1, 0.15) is 28.7 Å². The minimum absolute atomic E-state index is 0.0442. The van der Waals surface area contributed by atoms with Crippen LogP contribution in [-0.2, 0) is 5.60 Å². The van der Waals surface area contributed by atoms with E-state index in [2.05, 4.69) is 4.98 Å². The molecule has 4 nitrogen and oxygen atoms in total.